The number of alkyl halides is 2. The van der Waals surface area contributed by atoms with E-state index in [9.17, 15) is 13.6 Å². The third kappa shape index (κ3) is 4.10. The van der Waals surface area contributed by atoms with E-state index in [-0.39, 0.29) is 17.7 Å². The molecule has 3 aromatic rings. The maximum atomic E-state index is 13.3. The molecule has 0 radical (unpaired) electrons. The highest BCUT2D eigenvalue weighted by Gasteiger charge is 2.27. The van der Waals surface area contributed by atoms with Crippen LogP contribution >= 0.6 is 0 Å². The Hall–Kier alpha value is -3.48. The summed E-state index contributed by atoms with van der Waals surface area (Å²) in [4.78, 5) is 19.4. The Morgan fingerprint density at radius 2 is 1.97 bits per heavy atom. The third-order valence-corrected chi connectivity index (χ3v) is 5.11. The van der Waals surface area contributed by atoms with Crippen LogP contribution in [0.15, 0.2) is 66.9 Å². The molecular formula is C23H21F2N3O2. The first-order valence-electron chi connectivity index (χ1n) is 9.69. The molecule has 30 heavy (non-hydrogen) atoms. The Balaban J connectivity index is 1.56. The second kappa shape index (κ2) is 8.49. The molecule has 0 saturated carbocycles. The maximum Gasteiger partial charge on any atom is 0.387 e. The van der Waals surface area contributed by atoms with Crippen LogP contribution in [-0.2, 0) is 6.42 Å². The van der Waals surface area contributed by atoms with Crippen molar-refractivity contribution in [2.45, 2.75) is 26.0 Å². The van der Waals surface area contributed by atoms with Gasteiger partial charge < -0.3 is 15.0 Å². The van der Waals surface area contributed by atoms with E-state index < -0.39 is 6.61 Å². The fraction of sp³-hybridized carbons (Fsp3) is 0.217. The fourth-order valence-electron chi connectivity index (χ4n) is 3.64. The molecule has 2 aromatic carbocycles. The zero-order chi connectivity index (χ0) is 21.1. The number of hydrogen-bond acceptors (Lipinski definition) is 4. The summed E-state index contributed by atoms with van der Waals surface area (Å²) in [7, 11) is 0. The lowest BCUT2D eigenvalue weighted by Gasteiger charge is -2.21. The molecule has 0 saturated heterocycles. The van der Waals surface area contributed by atoms with Gasteiger partial charge in [0.15, 0.2) is 0 Å². The van der Waals surface area contributed by atoms with Crippen molar-refractivity contribution in [3.8, 4) is 5.75 Å². The van der Waals surface area contributed by atoms with Crippen molar-refractivity contribution in [3.05, 3.63) is 83.6 Å². The first-order valence-corrected chi connectivity index (χ1v) is 9.69. The van der Waals surface area contributed by atoms with Gasteiger partial charge in [-0.1, -0.05) is 30.3 Å². The highest BCUT2D eigenvalue weighted by molar-refractivity contribution is 6.10. The van der Waals surface area contributed by atoms with E-state index in [1.54, 1.807) is 41.4 Å². The van der Waals surface area contributed by atoms with E-state index in [0.717, 1.165) is 23.2 Å². The summed E-state index contributed by atoms with van der Waals surface area (Å²) in [5, 5.41) is 3.23. The highest BCUT2D eigenvalue weighted by atomic mass is 19.3. The summed E-state index contributed by atoms with van der Waals surface area (Å²) in [6, 6.07) is 17.5. The van der Waals surface area contributed by atoms with Crippen LogP contribution in [0.4, 0.5) is 20.3 Å². The van der Waals surface area contributed by atoms with Crippen LogP contribution in [0.25, 0.3) is 0 Å². The van der Waals surface area contributed by atoms with E-state index in [1.807, 2.05) is 31.2 Å². The van der Waals surface area contributed by atoms with Gasteiger partial charge in [0, 0.05) is 18.4 Å². The van der Waals surface area contributed by atoms with Crippen LogP contribution in [0.3, 0.4) is 0 Å². The van der Waals surface area contributed by atoms with Crippen molar-refractivity contribution in [1.29, 1.82) is 0 Å². The molecule has 2 heterocycles. The topological polar surface area (TPSA) is 54.5 Å². The van der Waals surface area contributed by atoms with Crippen molar-refractivity contribution >= 4 is 17.4 Å². The quantitative estimate of drug-likeness (QED) is 0.618. The Bertz CT molecular complexity index is 1060. The number of carbonyl (C=O) groups is 1. The molecule has 1 aromatic heterocycles. The van der Waals surface area contributed by atoms with E-state index >= 15 is 0 Å². The number of aromatic nitrogens is 1. The number of nitrogens with zero attached hydrogens (tertiary/aromatic N) is 2. The Morgan fingerprint density at radius 3 is 2.80 bits per heavy atom. The van der Waals surface area contributed by atoms with Gasteiger partial charge in [0.05, 0.1) is 11.6 Å². The second-order valence-electron chi connectivity index (χ2n) is 7.05. The summed E-state index contributed by atoms with van der Waals surface area (Å²) in [6.45, 7) is -0.392. The van der Waals surface area contributed by atoms with Gasteiger partial charge in [-0.05, 0) is 54.8 Å². The average molecular weight is 409 g/mol. The standard InChI is InChI=1S/C23H21F2N3O2/c1-15(17-7-4-8-18(14-17)30-23(24)25)27-21-19(9-5-12-26-21)22(29)28-13-11-16-6-2-3-10-20(16)28/h2-10,12,14-15,23H,11,13H2,1H3,(H,26,27). The average Bonchev–Trinajstić information content (AvgIpc) is 3.17. The minimum Gasteiger partial charge on any atom is -0.435 e. The van der Waals surface area contributed by atoms with Crippen molar-refractivity contribution in [1.82, 2.24) is 4.98 Å². The number of halogens is 2. The first-order chi connectivity index (χ1) is 14.5. The van der Waals surface area contributed by atoms with Crippen LogP contribution in [-0.4, -0.2) is 24.0 Å². The largest absolute Gasteiger partial charge is 0.435 e. The number of amides is 1. The smallest absolute Gasteiger partial charge is 0.387 e. The Kier molecular flexibility index (Phi) is 5.61. The Labute approximate surface area is 173 Å². The minimum atomic E-state index is -2.88. The van der Waals surface area contributed by atoms with Crippen LogP contribution in [0.1, 0.15) is 34.5 Å². The molecule has 154 valence electrons. The summed E-state index contributed by atoms with van der Waals surface area (Å²) in [5.74, 6) is 0.402. The van der Waals surface area contributed by atoms with Gasteiger partial charge in [-0.2, -0.15) is 8.78 Å². The van der Waals surface area contributed by atoms with Gasteiger partial charge in [-0.25, -0.2) is 4.98 Å². The molecule has 1 amide bonds. The van der Waals surface area contributed by atoms with Gasteiger partial charge in [0.25, 0.3) is 5.91 Å². The number of anilines is 2. The normalized spacial score (nSPS) is 13.8. The zero-order valence-electron chi connectivity index (χ0n) is 16.4. The molecule has 1 unspecified atom stereocenters. The zero-order valence-corrected chi connectivity index (χ0v) is 16.4. The molecule has 5 nitrogen and oxygen atoms in total. The van der Waals surface area contributed by atoms with E-state index in [1.165, 1.54) is 6.07 Å². The molecule has 4 rings (SSSR count). The lowest BCUT2D eigenvalue weighted by atomic mass is 10.1. The van der Waals surface area contributed by atoms with Crippen LogP contribution < -0.4 is 15.0 Å². The Morgan fingerprint density at radius 1 is 1.13 bits per heavy atom. The molecule has 0 bridgehead atoms. The summed E-state index contributed by atoms with van der Waals surface area (Å²) >= 11 is 0. The highest BCUT2D eigenvalue weighted by Crippen LogP contribution is 2.31. The summed E-state index contributed by atoms with van der Waals surface area (Å²) in [5.41, 5.74) is 3.26. The molecular weight excluding hydrogens is 388 g/mol. The monoisotopic (exact) mass is 409 g/mol. The molecule has 1 atom stereocenters. The molecule has 1 aliphatic rings. The number of carbonyl (C=O) groups excluding carboxylic acids is 1. The predicted octanol–water partition coefficient (Wildman–Crippen LogP) is 5.06. The molecule has 1 aliphatic heterocycles. The van der Waals surface area contributed by atoms with Crippen molar-refractivity contribution in [2.75, 3.05) is 16.8 Å². The lowest BCUT2D eigenvalue weighted by Crippen LogP contribution is -2.30. The van der Waals surface area contributed by atoms with Crippen molar-refractivity contribution < 1.29 is 18.3 Å². The molecule has 7 heteroatoms. The molecule has 0 aliphatic carbocycles. The number of rotatable bonds is 6. The second-order valence-corrected chi connectivity index (χ2v) is 7.05. The SMILES string of the molecule is CC(Nc1ncccc1C(=O)N1CCc2ccccc21)c1cccc(OC(F)F)c1. The van der Waals surface area contributed by atoms with Crippen molar-refractivity contribution in [3.63, 3.8) is 0 Å². The minimum absolute atomic E-state index is 0.0853. The number of para-hydroxylation sites is 1. The van der Waals surface area contributed by atoms with Crippen molar-refractivity contribution in [2.24, 2.45) is 0 Å². The third-order valence-electron chi connectivity index (χ3n) is 5.11. The molecule has 1 N–H and O–H groups in total. The number of ether oxygens (including phenoxy) is 1. The van der Waals surface area contributed by atoms with Gasteiger partial charge in [0.2, 0.25) is 0 Å². The summed E-state index contributed by atoms with van der Waals surface area (Å²) in [6.07, 6.45) is 2.43. The number of hydrogen-bond donors (Lipinski definition) is 1. The van der Waals surface area contributed by atoms with E-state index in [2.05, 4.69) is 15.0 Å². The van der Waals surface area contributed by atoms with E-state index in [4.69, 9.17) is 0 Å². The van der Waals surface area contributed by atoms with E-state index in [0.29, 0.717) is 17.9 Å². The van der Waals surface area contributed by atoms with Crippen LogP contribution in [0.2, 0.25) is 0 Å². The van der Waals surface area contributed by atoms with Gasteiger partial charge in [-0.3, -0.25) is 4.79 Å². The number of pyridine rings is 1. The molecule has 0 fully saturated rings. The summed E-state index contributed by atoms with van der Waals surface area (Å²) < 4.78 is 29.5. The van der Waals surface area contributed by atoms with Crippen LogP contribution in [0, 0.1) is 0 Å². The fourth-order valence-corrected chi connectivity index (χ4v) is 3.64. The number of nitrogens with one attached hydrogen (secondary N) is 1. The molecule has 0 spiro atoms. The van der Waals surface area contributed by atoms with Gasteiger partial charge >= 0.3 is 6.61 Å². The van der Waals surface area contributed by atoms with Crippen LogP contribution in [0.5, 0.6) is 5.75 Å². The predicted molar refractivity (Wildman–Crippen MR) is 111 cm³/mol. The number of fused-ring (bicyclic) bond motifs is 1. The number of benzene rings is 2. The van der Waals surface area contributed by atoms with Gasteiger partial charge in [0.1, 0.15) is 11.6 Å². The first kappa shape index (κ1) is 19.8. The maximum absolute atomic E-state index is 13.3. The van der Waals surface area contributed by atoms with Gasteiger partial charge in [-0.15, -0.1) is 0 Å². The lowest BCUT2D eigenvalue weighted by molar-refractivity contribution is -0.0498.